The van der Waals surface area contributed by atoms with E-state index in [1.54, 1.807) is 37.4 Å². The first-order valence-electron chi connectivity index (χ1n) is 9.24. The van der Waals surface area contributed by atoms with Crippen molar-refractivity contribution in [2.45, 2.75) is 32.2 Å². The van der Waals surface area contributed by atoms with E-state index in [1.165, 1.54) is 23.7 Å². The summed E-state index contributed by atoms with van der Waals surface area (Å²) in [6.07, 6.45) is 3.78. The van der Waals surface area contributed by atoms with Gasteiger partial charge < -0.3 is 14.4 Å². The zero-order chi connectivity index (χ0) is 20.3. The quantitative estimate of drug-likeness (QED) is 0.756. The number of rotatable bonds is 4. The van der Waals surface area contributed by atoms with Gasteiger partial charge in [0.15, 0.2) is 0 Å². The van der Waals surface area contributed by atoms with Gasteiger partial charge in [0.05, 0.1) is 19.9 Å². The van der Waals surface area contributed by atoms with Crippen LogP contribution in [0.1, 0.15) is 35.2 Å². The minimum Gasteiger partial charge on any atom is -0.495 e. The first-order chi connectivity index (χ1) is 13.5. The Kier molecular flexibility index (Phi) is 5.82. The highest BCUT2D eigenvalue weighted by molar-refractivity contribution is 5.98. The zero-order valence-corrected chi connectivity index (χ0v) is 16.3. The Morgan fingerprint density at radius 3 is 2.57 bits per heavy atom. The maximum atomic E-state index is 13.3. The number of likely N-dealkylation sites (tertiary alicyclic amines) is 1. The summed E-state index contributed by atoms with van der Waals surface area (Å²) in [7, 11) is 2.83. The molecule has 1 saturated heterocycles. The largest absolute Gasteiger partial charge is 0.495 e. The number of amides is 1. The second-order valence-corrected chi connectivity index (χ2v) is 6.75. The van der Waals surface area contributed by atoms with Gasteiger partial charge in [0.2, 0.25) is 0 Å². The van der Waals surface area contributed by atoms with Crippen molar-refractivity contribution in [3.8, 4) is 11.4 Å². The van der Waals surface area contributed by atoms with Crippen molar-refractivity contribution in [1.29, 1.82) is 0 Å². The van der Waals surface area contributed by atoms with Crippen molar-refractivity contribution in [2.24, 2.45) is 0 Å². The second kappa shape index (κ2) is 8.29. The van der Waals surface area contributed by atoms with Crippen molar-refractivity contribution in [2.75, 3.05) is 20.8 Å². The SMILES string of the molecule is COC(=O)C1CCCCN1C(=O)c1c(C)ccn(-c2ccccc2OC)c1=O. The van der Waals surface area contributed by atoms with Gasteiger partial charge in [-0.2, -0.15) is 0 Å². The number of carbonyl (C=O) groups excluding carboxylic acids is 2. The molecule has 0 bridgehead atoms. The first-order valence-corrected chi connectivity index (χ1v) is 9.24. The summed E-state index contributed by atoms with van der Waals surface area (Å²) in [4.78, 5) is 40.1. The molecule has 0 aliphatic carbocycles. The molecule has 7 nitrogen and oxygen atoms in total. The van der Waals surface area contributed by atoms with Gasteiger partial charge in [0, 0.05) is 12.7 Å². The van der Waals surface area contributed by atoms with Crippen molar-refractivity contribution < 1.29 is 19.1 Å². The number of ether oxygens (including phenoxy) is 2. The van der Waals surface area contributed by atoms with Crippen LogP contribution in [0, 0.1) is 6.92 Å². The van der Waals surface area contributed by atoms with E-state index in [1.807, 2.05) is 6.07 Å². The highest BCUT2D eigenvalue weighted by Gasteiger charge is 2.35. The van der Waals surface area contributed by atoms with Crippen LogP contribution >= 0.6 is 0 Å². The molecule has 28 heavy (non-hydrogen) atoms. The number of nitrogens with zero attached hydrogens (tertiary/aromatic N) is 2. The van der Waals surface area contributed by atoms with E-state index < -0.39 is 23.5 Å². The predicted molar refractivity (Wildman–Crippen MR) is 104 cm³/mol. The Morgan fingerprint density at radius 1 is 1.11 bits per heavy atom. The zero-order valence-electron chi connectivity index (χ0n) is 16.3. The lowest BCUT2D eigenvalue weighted by Gasteiger charge is -2.34. The molecule has 1 aromatic heterocycles. The molecule has 1 aliphatic heterocycles. The van der Waals surface area contributed by atoms with E-state index in [-0.39, 0.29) is 5.56 Å². The normalized spacial score (nSPS) is 16.5. The molecule has 148 valence electrons. The molecule has 1 unspecified atom stereocenters. The topological polar surface area (TPSA) is 77.8 Å². The molecule has 2 heterocycles. The van der Waals surface area contributed by atoms with Crippen LogP contribution in [0.3, 0.4) is 0 Å². The molecular weight excluding hydrogens is 360 g/mol. The Labute approximate surface area is 163 Å². The third kappa shape index (κ3) is 3.52. The fourth-order valence-electron chi connectivity index (χ4n) is 3.60. The van der Waals surface area contributed by atoms with E-state index in [9.17, 15) is 14.4 Å². The van der Waals surface area contributed by atoms with Gasteiger partial charge in [-0.3, -0.25) is 14.2 Å². The van der Waals surface area contributed by atoms with Gasteiger partial charge >= 0.3 is 5.97 Å². The van der Waals surface area contributed by atoms with Crippen molar-refractivity contribution in [3.05, 3.63) is 58.0 Å². The molecule has 1 atom stereocenters. The van der Waals surface area contributed by atoms with E-state index >= 15 is 0 Å². The number of aromatic nitrogens is 1. The predicted octanol–water partition coefficient (Wildman–Crippen LogP) is 2.32. The van der Waals surface area contributed by atoms with Gasteiger partial charge in [0.25, 0.3) is 11.5 Å². The average Bonchev–Trinajstić information content (AvgIpc) is 2.73. The standard InChI is InChI=1S/C21H24N2O5/c1-14-11-13-23(15-8-4-5-10-17(15)27-2)20(25)18(14)19(24)22-12-7-6-9-16(22)21(26)28-3/h4-5,8,10-11,13,16H,6-7,9,12H2,1-3H3. The van der Waals surface area contributed by atoms with Crippen LogP contribution in [0.2, 0.25) is 0 Å². The smallest absolute Gasteiger partial charge is 0.328 e. The van der Waals surface area contributed by atoms with Crippen LogP contribution in [-0.4, -0.2) is 48.1 Å². The van der Waals surface area contributed by atoms with Crippen LogP contribution in [0.5, 0.6) is 5.75 Å². The molecule has 1 amide bonds. The lowest BCUT2D eigenvalue weighted by Crippen LogP contribution is -2.50. The van der Waals surface area contributed by atoms with Crippen LogP contribution in [0.4, 0.5) is 0 Å². The summed E-state index contributed by atoms with van der Waals surface area (Å²) in [6.45, 7) is 2.14. The molecule has 1 fully saturated rings. The third-order valence-electron chi connectivity index (χ3n) is 5.10. The summed E-state index contributed by atoms with van der Waals surface area (Å²) < 4.78 is 11.6. The fraction of sp³-hybridized carbons (Fsp3) is 0.381. The lowest BCUT2D eigenvalue weighted by atomic mass is 10.00. The van der Waals surface area contributed by atoms with Crippen molar-refractivity contribution in [1.82, 2.24) is 9.47 Å². The molecule has 1 aromatic carbocycles. The van der Waals surface area contributed by atoms with Crippen molar-refractivity contribution in [3.63, 3.8) is 0 Å². The molecule has 0 N–H and O–H groups in total. The van der Waals surface area contributed by atoms with Gasteiger partial charge in [-0.1, -0.05) is 12.1 Å². The molecule has 7 heteroatoms. The van der Waals surface area contributed by atoms with Gasteiger partial charge in [-0.05, 0) is 49.9 Å². The van der Waals surface area contributed by atoms with Crippen LogP contribution in [0.25, 0.3) is 5.69 Å². The summed E-state index contributed by atoms with van der Waals surface area (Å²) >= 11 is 0. The number of benzene rings is 1. The maximum absolute atomic E-state index is 13.3. The Balaban J connectivity index is 2.08. The number of esters is 1. The lowest BCUT2D eigenvalue weighted by molar-refractivity contribution is -0.147. The Hall–Kier alpha value is -3.09. The van der Waals surface area contributed by atoms with Gasteiger partial charge in [-0.25, -0.2) is 4.79 Å². The van der Waals surface area contributed by atoms with E-state index in [2.05, 4.69) is 0 Å². The Morgan fingerprint density at radius 2 is 1.86 bits per heavy atom. The van der Waals surface area contributed by atoms with E-state index in [0.717, 1.165) is 12.8 Å². The molecule has 0 radical (unpaired) electrons. The second-order valence-electron chi connectivity index (χ2n) is 6.75. The number of piperidine rings is 1. The summed E-state index contributed by atoms with van der Waals surface area (Å²) in [6, 6.07) is 8.16. The highest BCUT2D eigenvalue weighted by atomic mass is 16.5. The van der Waals surface area contributed by atoms with Crippen LogP contribution in [0.15, 0.2) is 41.3 Å². The molecular formula is C21H24N2O5. The number of aryl methyl sites for hydroxylation is 1. The molecule has 3 rings (SSSR count). The van der Waals surface area contributed by atoms with Gasteiger partial charge in [-0.15, -0.1) is 0 Å². The number of hydrogen-bond acceptors (Lipinski definition) is 5. The fourth-order valence-corrected chi connectivity index (χ4v) is 3.60. The minimum absolute atomic E-state index is 0.0595. The number of hydrogen-bond donors (Lipinski definition) is 0. The first kappa shape index (κ1) is 19.7. The number of para-hydroxylation sites is 2. The molecule has 0 spiro atoms. The minimum atomic E-state index is -0.662. The number of carbonyl (C=O) groups is 2. The average molecular weight is 384 g/mol. The monoisotopic (exact) mass is 384 g/mol. The van der Waals surface area contributed by atoms with Crippen molar-refractivity contribution >= 4 is 11.9 Å². The maximum Gasteiger partial charge on any atom is 0.328 e. The number of methoxy groups -OCH3 is 2. The molecule has 0 saturated carbocycles. The summed E-state index contributed by atoms with van der Waals surface area (Å²) in [5.74, 6) is -0.370. The Bertz CT molecular complexity index is 950. The van der Waals surface area contributed by atoms with E-state index in [0.29, 0.717) is 30.0 Å². The van der Waals surface area contributed by atoms with Gasteiger partial charge in [0.1, 0.15) is 17.4 Å². The highest BCUT2D eigenvalue weighted by Crippen LogP contribution is 2.23. The molecule has 1 aliphatic rings. The summed E-state index contributed by atoms with van der Waals surface area (Å²) in [5, 5.41) is 0. The third-order valence-corrected chi connectivity index (χ3v) is 5.10. The summed E-state index contributed by atoms with van der Waals surface area (Å²) in [5.41, 5.74) is 0.732. The van der Waals surface area contributed by atoms with Crippen LogP contribution in [-0.2, 0) is 9.53 Å². The molecule has 2 aromatic rings. The van der Waals surface area contributed by atoms with Crippen LogP contribution < -0.4 is 10.3 Å². The number of pyridine rings is 1. The van der Waals surface area contributed by atoms with E-state index in [4.69, 9.17) is 9.47 Å².